The predicted octanol–water partition coefficient (Wildman–Crippen LogP) is 1.56. The lowest BCUT2D eigenvalue weighted by Crippen LogP contribution is -2.36. The Balaban J connectivity index is 2.51. The standard InChI is InChI=1S/C8H13NO2/c1-2-7-4-3-5-9(6-7)8(10)11/h3-4,7H,2,5-6H2,1H3,(H,10,11). The Kier molecular flexibility index (Phi) is 2.52. The van der Waals surface area contributed by atoms with Gasteiger partial charge in [-0.15, -0.1) is 0 Å². The van der Waals surface area contributed by atoms with E-state index in [0.29, 0.717) is 19.0 Å². The van der Waals surface area contributed by atoms with Gasteiger partial charge in [0.25, 0.3) is 0 Å². The van der Waals surface area contributed by atoms with E-state index in [1.807, 2.05) is 6.08 Å². The molecule has 11 heavy (non-hydrogen) atoms. The number of carbonyl (C=O) groups is 1. The highest BCUT2D eigenvalue weighted by molar-refractivity contribution is 5.65. The summed E-state index contributed by atoms with van der Waals surface area (Å²) in [7, 11) is 0. The van der Waals surface area contributed by atoms with Crippen LogP contribution in [0.25, 0.3) is 0 Å². The molecule has 0 saturated carbocycles. The Morgan fingerprint density at radius 2 is 2.55 bits per heavy atom. The van der Waals surface area contributed by atoms with Crippen molar-refractivity contribution in [3.63, 3.8) is 0 Å². The van der Waals surface area contributed by atoms with E-state index in [0.717, 1.165) is 6.42 Å². The van der Waals surface area contributed by atoms with Gasteiger partial charge >= 0.3 is 6.09 Å². The largest absolute Gasteiger partial charge is 0.465 e. The second-order valence-electron chi connectivity index (χ2n) is 2.78. The molecule has 0 aliphatic carbocycles. The van der Waals surface area contributed by atoms with Crippen molar-refractivity contribution < 1.29 is 9.90 Å². The molecule has 1 unspecified atom stereocenters. The van der Waals surface area contributed by atoms with Gasteiger partial charge in [-0.3, -0.25) is 0 Å². The van der Waals surface area contributed by atoms with Gasteiger partial charge in [0.15, 0.2) is 0 Å². The Morgan fingerprint density at radius 3 is 3.09 bits per heavy atom. The average molecular weight is 155 g/mol. The van der Waals surface area contributed by atoms with Crippen LogP contribution in [-0.4, -0.2) is 29.2 Å². The van der Waals surface area contributed by atoms with Crippen LogP contribution in [0.5, 0.6) is 0 Å². The van der Waals surface area contributed by atoms with Crippen LogP contribution in [-0.2, 0) is 0 Å². The van der Waals surface area contributed by atoms with E-state index in [4.69, 9.17) is 5.11 Å². The Hall–Kier alpha value is -0.990. The topological polar surface area (TPSA) is 40.5 Å². The van der Waals surface area contributed by atoms with Gasteiger partial charge in [-0.2, -0.15) is 0 Å². The van der Waals surface area contributed by atoms with Gasteiger partial charge in [-0.25, -0.2) is 4.79 Å². The zero-order valence-electron chi connectivity index (χ0n) is 6.66. The van der Waals surface area contributed by atoms with Crippen molar-refractivity contribution >= 4 is 6.09 Å². The van der Waals surface area contributed by atoms with Crippen LogP contribution in [0.4, 0.5) is 4.79 Å². The van der Waals surface area contributed by atoms with Crippen molar-refractivity contribution in [2.45, 2.75) is 13.3 Å². The van der Waals surface area contributed by atoms with Gasteiger partial charge in [0.05, 0.1) is 0 Å². The lowest BCUT2D eigenvalue weighted by Gasteiger charge is -2.25. The highest BCUT2D eigenvalue weighted by Gasteiger charge is 2.17. The summed E-state index contributed by atoms with van der Waals surface area (Å²) in [5, 5.41) is 8.64. The van der Waals surface area contributed by atoms with Crippen molar-refractivity contribution in [3.05, 3.63) is 12.2 Å². The van der Waals surface area contributed by atoms with E-state index in [1.54, 1.807) is 0 Å². The van der Waals surface area contributed by atoms with Crippen LogP contribution >= 0.6 is 0 Å². The number of carboxylic acid groups (broad SMARTS) is 1. The molecule has 0 radical (unpaired) electrons. The van der Waals surface area contributed by atoms with Crippen LogP contribution in [0, 0.1) is 5.92 Å². The molecule has 1 aliphatic rings. The lowest BCUT2D eigenvalue weighted by atomic mass is 10.0. The summed E-state index contributed by atoms with van der Waals surface area (Å²) < 4.78 is 0. The fraction of sp³-hybridized carbons (Fsp3) is 0.625. The van der Waals surface area contributed by atoms with E-state index in [2.05, 4.69) is 13.0 Å². The molecule has 1 atom stereocenters. The molecule has 1 heterocycles. The molecule has 3 nitrogen and oxygen atoms in total. The van der Waals surface area contributed by atoms with Gasteiger partial charge in [-0.1, -0.05) is 19.1 Å². The maximum Gasteiger partial charge on any atom is 0.407 e. The second-order valence-corrected chi connectivity index (χ2v) is 2.78. The molecule has 0 fully saturated rings. The van der Waals surface area contributed by atoms with Gasteiger partial charge in [0.1, 0.15) is 0 Å². The van der Waals surface area contributed by atoms with E-state index in [9.17, 15) is 4.79 Å². The van der Waals surface area contributed by atoms with Crippen molar-refractivity contribution in [1.82, 2.24) is 4.90 Å². The smallest absolute Gasteiger partial charge is 0.407 e. The summed E-state index contributed by atoms with van der Waals surface area (Å²) in [6.45, 7) is 3.27. The minimum Gasteiger partial charge on any atom is -0.465 e. The molecule has 0 aromatic carbocycles. The first-order valence-electron chi connectivity index (χ1n) is 3.88. The molecular formula is C8H13NO2. The maximum atomic E-state index is 10.5. The summed E-state index contributed by atoms with van der Waals surface area (Å²) in [6.07, 6.45) is 4.22. The van der Waals surface area contributed by atoms with Crippen LogP contribution in [0.1, 0.15) is 13.3 Å². The fourth-order valence-electron chi connectivity index (χ4n) is 1.22. The third kappa shape index (κ3) is 1.97. The summed E-state index contributed by atoms with van der Waals surface area (Å²) in [4.78, 5) is 11.9. The number of hydrogen-bond donors (Lipinski definition) is 1. The van der Waals surface area contributed by atoms with Crippen LogP contribution in [0.15, 0.2) is 12.2 Å². The number of amides is 1. The quantitative estimate of drug-likeness (QED) is 0.584. The third-order valence-corrected chi connectivity index (χ3v) is 1.98. The van der Waals surface area contributed by atoms with Crippen LogP contribution < -0.4 is 0 Å². The first-order chi connectivity index (χ1) is 5.24. The van der Waals surface area contributed by atoms with Crippen molar-refractivity contribution in [3.8, 4) is 0 Å². The van der Waals surface area contributed by atoms with Gasteiger partial charge in [0.2, 0.25) is 0 Å². The van der Waals surface area contributed by atoms with Gasteiger partial charge in [0, 0.05) is 13.1 Å². The van der Waals surface area contributed by atoms with E-state index in [1.165, 1.54) is 4.90 Å². The van der Waals surface area contributed by atoms with E-state index >= 15 is 0 Å². The van der Waals surface area contributed by atoms with Crippen molar-refractivity contribution in [2.75, 3.05) is 13.1 Å². The minimum atomic E-state index is -0.812. The van der Waals surface area contributed by atoms with Crippen molar-refractivity contribution in [1.29, 1.82) is 0 Å². The molecule has 0 spiro atoms. The molecule has 62 valence electrons. The highest BCUT2D eigenvalue weighted by Crippen LogP contribution is 2.12. The summed E-state index contributed by atoms with van der Waals surface area (Å²) >= 11 is 0. The molecular weight excluding hydrogens is 142 g/mol. The molecule has 1 aliphatic heterocycles. The number of hydrogen-bond acceptors (Lipinski definition) is 1. The first-order valence-corrected chi connectivity index (χ1v) is 3.88. The summed E-state index contributed by atoms with van der Waals surface area (Å²) in [5.41, 5.74) is 0. The van der Waals surface area contributed by atoms with Gasteiger partial charge in [-0.05, 0) is 12.3 Å². The highest BCUT2D eigenvalue weighted by atomic mass is 16.4. The Labute approximate surface area is 66.3 Å². The molecule has 0 bridgehead atoms. The Bertz CT molecular complexity index is 177. The first kappa shape index (κ1) is 8.11. The fourth-order valence-corrected chi connectivity index (χ4v) is 1.22. The monoisotopic (exact) mass is 155 g/mol. The number of nitrogens with zero attached hydrogens (tertiary/aromatic N) is 1. The van der Waals surface area contributed by atoms with Gasteiger partial charge < -0.3 is 10.0 Å². The second kappa shape index (κ2) is 3.42. The minimum absolute atomic E-state index is 0.417. The summed E-state index contributed by atoms with van der Waals surface area (Å²) in [6, 6.07) is 0. The van der Waals surface area contributed by atoms with E-state index in [-0.39, 0.29) is 0 Å². The zero-order chi connectivity index (χ0) is 8.27. The molecule has 1 N–H and O–H groups in total. The normalized spacial score (nSPS) is 23.7. The average Bonchev–Trinajstić information content (AvgIpc) is 2.05. The lowest BCUT2D eigenvalue weighted by molar-refractivity contribution is 0.142. The van der Waals surface area contributed by atoms with Crippen LogP contribution in [0.3, 0.4) is 0 Å². The summed E-state index contributed by atoms with van der Waals surface area (Å²) in [5.74, 6) is 0.417. The molecule has 0 aromatic heterocycles. The SMILES string of the molecule is CCC1C=CCN(C(=O)O)C1. The molecule has 3 heteroatoms. The Morgan fingerprint density at radius 1 is 1.82 bits per heavy atom. The van der Waals surface area contributed by atoms with Crippen LogP contribution in [0.2, 0.25) is 0 Å². The zero-order valence-corrected chi connectivity index (χ0v) is 6.66. The van der Waals surface area contributed by atoms with E-state index < -0.39 is 6.09 Å². The molecule has 1 rings (SSSR count). The predicted molar refractivity (Wildman–Crippen MR) is 42.5 cm³/mol. The molecule has 1 amide bonds. The molecule has 0 saturated heterocycles. The maximum absolute atomic E-state index is 10.5. The third-order valence-electron chi connectivity index (χ3n) is 1.98. The number of rotatable bonds is 1. The van der Waals surface area contributed by atoms with Crippen molar-refractivity contribution in [2.24, 2.45) is 5.92 Å². The molecule has 0 aromatic rings.